The molecule has 3 atom stereocenters. The Kier molecular flexibility index (Phi) is 2.47. The van der Waals surface area contributed by atoms with Crippen molar-refractivity contribution in [3.8, 4) is 0 Å². The molecule has 96 valence electrons. The minimum Gasteiger partial charge on any atom is -0.432 e. The second-order valence-electron chi connectivity index (χ2n) is 5.61. The lowest BCUT2D eigenvalue weighted by atomic mass is 9.72. The maximum atomic E-state index is 11.6. The van der Waals surface area contributed by atoms with Gasteiger partial charge in [-0.25, -0.2) is 9.78 Å². The molecule has 2 saturated heterocycles. The monoisotopic (exact) mass is 242 g/mol. The number of hydrogen-bond donors (Lipinski definition) is 0. The minimum absolute atomic E-state index is 0.151. The maximum absolute atomic E-state index is 11.6. The molecule has 1 aliphatic carbocycles. The molecule has 1 unspecified atom stereocenters. The van der Waals surface area contributed by atoms with Crippen LogP contribution in [0.1, 0.15) is 46.0 Å². The van der Waals surface area contributed by atoms with E-state index >= 15 is 0 Å². The third kappa shape index (κ3) is 1.77. The average Bonchev–Trinajstić information content (AvgIpc) is 2.26. The van der Waals surface area contributed by atoms with E-state index in [9.17, 15) is 4.79 Å². The number of rotatable bonds is 0. The second-order valence-corrected chi connectivity index (χ2v) is 5.61. The fraction of sp³-hybridized carbons (Fsp3) is 0.917. The van der Waals surface area contributed by atoms with Crippen LogP contribution in [-0.4, -0.2) is 23.6 Å². The summed E-state index contributed by atoms with van der Waals surface area (Å²) in [7, 11) is 0. The van der Waals surface area contributed by atoms with E-state index in [0.29, 0.717) is 6.42 Å². The van der Waals surface area contributed by atoms with E-state index < -0.39 is 17.7 Å². The quantitative estimate of drug-likeness (QED) is 0.479. The molecule has 0 aromatic heterocycles. The van der Waals surface area contributed by atoms with Gasteiger partial charge in [0, 0.05) is 5.92 Å². The summed E-state index contributed by atoms with van der Waals surface area (Å²) in [6.45, 7) is 3.50. The van der Waals surface area contributed by atoms with Gasteiger partial charge < -0.3 is 9.47 Å². The van der Waals surface area contributed by atoms with Crippen LogP contribution in [0.15, 0.2) is 0 Å². The van der Waals surface area contributed by atoms with Gasteiger partial charge in [0.05, 0.1) is 6.42 Å². The predicted molar refractivity (Wildman–Crippen MR) is 56.5 cm³/mol. The highest BCUT2D eigenvalue weighted by molar-refractivity contribution is 5.71. The summed E-state index contributed by atoms with van der Waals surface area (Å²) in [4.78, 5) is 22.5. The molecule has 0 N–H and O–H groups in total. The zero-order valence-electron chi connectivity index (χ0n) is 10.2. The molecule has 3 rings (SSSR count). The summed E-state index contributed by atoms with van der Waals surface area (Å²) in [6, 6.07) is 0. The standard InChI is InChI=1S/C12H18O5/c1-11(2)15-10-12(17-16-11)6-4-3-5-8(12)7-9(13)14-10/h8,10H,3-7H2,1-2H3/t8-,10?,12+/m0/s1. The van der Waals surface area contributed by atoms with Gasteiger partial charge in [0.2, 0.25) is 6.29 Å². The summed E-state index contributed by atoms with van der Waals surface area (Å²) in [5.74, 6) is -0.910. The van der Waals surface area contributed by atoms with Crippen LogP contribution < -0.4 is 0 Å². The first-order valence-electron chi connectivity index (χ1n) is 6.26. The molecule has 3 aliphatic rings. The second kappa shape index (κ2) is 3.67. The van der Waals surface area contributed by atoms with E-state index in [1.807, 2.05) is 0 Å². The smallest absolute Gasteiger partial charge is 0.308 e. The highest BCUT2D eigenvalue weighted by Crippen LogP contribution is 2.49. The van der Waals surface area contributed by atoms with Crippen LogP contribution in [0.4, 0.5) is 0 Å². The average molecular weight is 242 g/mol. The Labute approximate surface area is 100 Å². The maximum Gasteiger partial charge on any atom is 0.308 e. The Hall–Kier alpha value is -0.650. The van der Waals surface area contributed by atoms with Gasteiger partial charge in [0.1, 0.15) is 0 Å². The molecule has 5 nitrogen and oxygen atoms in total. The highest BCUT2D eigenvalue weighted by Gasteiger charge is 2.60. The van der Waals surface area contributed by atoms with E-state index in [0.717, 1.165) is 25.7 Å². The van der Waals surface area contributed by atoms with Crippen LogP contribution in [0.5, 0.6) is 0 Å². The molecular formula is C12H18O5. The SMILES string of the molecule is CC1(C)OO[C@]23CCCC[C@H]2CC(=O)OC3O1. The summed E-state index contributed by atoms with van der Waals surface area (Å²) in [5, 5.41) is 0. The molecular weight excluding hydrogens is 224 g/mol. The lowest BCUT2D eigenvalue weighted by molar-refractivity contribution is -0.554. The van der Waals surface area contributed by atoms with Crippen molar-refractivity contribution >= 4 is 5.97 Å². The van der Waals surface area contributed by atoms with Gasteiger partial charge in [0.15, 0.2) is 11.4 Å². The van der Waals surface area contributed by atoms with Crippen molar-refractivity contribution in [2.75, 3.05) is 0 Å². The number of carbonyl (C=O) groups excluding carboxylic acids is 1. The Balaban J connectivity index is 1.90. The molecule has 1 spiro atoms. The summed E-state index contributed by atoms with van der Waals surface area (Å²) in [6.07, 6.45) is 3.75. The van der Waals surface area contributed by atoms with Gasteiger partial charge in [-0.3, -0.25) is 4.79 Å². The van der Waals surface area contributed by atoms with Gasteiger partial charge in [-0.2, -0.15) is 0 Å². The Morgan fingerprint density at radius 2 is 2.06 bits per heavy atom. The third-order valence-electron chi connectivity index (χ3n) is 3.90. The van der Waals surface area contributed by atoms with Crippen LogP contribution in [0, 0.1) is 5.92 Å². The Morgan fingerprint density at radius 1 is 1.24 bits per heavy atom. The summed E-state index contributed by atoms with van der Waals surface area (Å²) >= 11 is 0. The van der Waals surface area contributed by atoms with Crippen molar-refractivity contribution in [2.45, 2.75) is 63.6 Å². The third-order valence-corrected chi connectivity index (χ3v) is 3.90. The van der Waals surface area contributed by atoms with Gasteiger partial charge in [-0.15, -0.1) is 0 Å². The molecule has 0 aromatic rings. The lowest BCUT2D eigenvalue weighted by Crippen LogP contribution is -2.64. The number of hydrogen-bond acceptors (Lipinski definition) is 5. The highest BCUT2D eigenvalue weighted by atomic mass is 17.3. The molecule has 0 bridgehead atoms. The number of esters is 1. The zero-order valence-corrected chi connectivity index (χ0v) is 10.2. The van der Waals surface area contributed by atoms with Gasteiger partial charge in [0.25, 0.3) is 0 Å². The summed E-state index contributed by atoms with van der Waals surface area (Å²) in [5.41, 5.74) is -0.582. The first-order valence-corrected chi connectivity index (χ1v) is 6.26. The van der Waals surface area contributed by atoms with Crippen molar-refractivity contribution in [2.24, 2.45) is 5.92 Å². The van der Waals surface area contributed by atoms with E-state index in [4.69, 9.17) is 19.2 Å². The normalized spacial score (nSPS) is 44.5. The molecule has 5 heteroatoms. The predicted octanol–water partition coefficient (Wildman–Crippen LogP) is 1.90. The van der Waals surface area contributed by atoms with Crippen LogP contribution in [0.2, 0.25) is 0 Å². The fourth-order valence-electron chi connectivity index (χ4n) is 3.02. The molecule has 3 fully saturated rings. The molecule has 0 aromatic carbocycles. The van der Waals surface area contributed by atoms with Gasteiger partial charge in [-0.05, 0) is 26.7 Å². The summed E-state index contributed by atoms with van der Waals surface area (Å²) < 4.78 is 11.0. The molecule has 1 saturated carbocycles. The Morgan fingerprint density at radius 3 is 2.88 bits per heavy atom. The number of carbonyl (C=O) groups is 1. The Bertz CT molecular complexity index is 340. The van der Waals surface area contributed by atoms with E-state index in [-0.39, 0.29) is 11.9 Å². The topological polar surface area (TPSA) is 54.0 Å². The first kappa shape index (κ1) is 11.4. The van der Waals surface area contributed by atoms with Gasteiger partial charge in [-0.1, -0.05) is 12.8 Å². The van der Waals surface area contributed by atoms with Crippen LogP contribution >= 0.6 is 0 Å². The minimum atomic E-state index is -0.866. The van der Waals surface area contributed by atoms with Gasteiger partial charge >= 0.3 is 5.97 Å². The van der Waals surface area contributed by atoms with Crippen molar-refractivity contribution in [1.82, 2.24) is 0 Å². The largest absolute Gasteiger partial charge is 0.432 e. The van der Waals surface area contributed by atoms with Crippen molar-refractivity contribution in [1.29, 1.82) is 0 Å². The first-order chi connectivity index (χ1) is 8.02. The van der Waals surface area contributed by atoms with Crippen LogP contribution in [0.25, 0.3) is 0 Å². The van der Waals surface area contributed by atoms with Crippen molar-refractivity contribution in [3.05, 3.63) is 0 Å². The van der Waals surface area contributed by atoms with E-state index in [1.165, 1.54) is 0 Å². The molecule has 0 radical (unpaired) electrons. The molecule has 2 heterocycles. The fourth-order valence-corrected chi connectivity index (χ4v) is 3.02. The lowest BCUT2D eigenvalue weighted by Gasteiger charge is -2.53. The van der Waals surface area contributed by atoms with Crippen molar-refractivity contribution < 1.29 is 24.0 Å². The van der Waals surface area contributed by atoms with Crippen LogP contribution in [-0.2, 0) is 24.0 Å². The van der Waals surface area contributed by atoms with E-state index in [1.54, 1.807) is 13.8 Å². The van der Waals surface area contributed by atoms with E-state index in [2.05, 4.69) is 0 Å². The zero-order chi connectivity index (χ0) is 12.1. The van der Waals surface area contributed by atoms with Crippen molar-refractivity contribution in [3.63, 3.8) is 0 Å². The number of ether oxygens (including phenoxy) is 2. The molecule has 2 aliphatic heterocycles. The molecule has 0 amide bonds. The molecule has 17 heavy (non-hydrogen) atoms. The van der Waals surface area contributed by atoms with Crippen LogP contribution in [0.3, 0.4) is 0 Å².